The molecular formula is C13H15NS. The summed E-state index contributed by atoms with van der Waals surface area (Å²) in [7, 11) is 0. The van der Waals surface area contributed by atoms with Crippen LogP contribution in [0, 0.1) is 0 Å². The minimum Gasteiger partial charge on any atom is -0.256 e. The van der Waals surface area contributed by atoms with Crippen molar-refractivity contribution in [3.8, 4) is 0 Å². The Kier molecular flexibility index (Phi) is 2.70. The van der Waals surface area contributed by atoms with Gasteiger partial charge in [0.2, 0.25) is 0 Å². The van der Waals surface area contributed by atoms with Crippen molar-refractivity contribution >= 4 is 22.7 Å². The van der Waals surface area contributed by atoms with Gasteiger partial charge in [0.15, 0.2) is 0 Å². The Hall–Kier alpha value is -1.02. The predicted molar refractivity (Wildman–Crippen MR) is 68.3 cm³/mol. The fourth-order valence-corrected chi connectivity index (χ4v) is 1.87. The van der Waals surface area contributed by atoms with E-state index in [2.05, 4.69) is 43.3 Å². The van der Waals surface area contributed by atoms with Gasteiger partial charge < -0.3 is 0 Å². The fraction of sp³-hybridized carbons (Fsp3) is 0.308. The second-order valence-corrected chi connectivity index (χ2v) is 5.56. The summed E-state index contributed by atoms with van der Waals surface area (Å²) < 4.78 is 0.136. The number of hydrogen-bond donors (Lipinski definition) is 0. The van der Waals surface area contributed by atoms with Crippen LogP contribution in [0.4, 0.5) is 0 Å². The molecular weight excluding hydrogens is 202 g/mol. The van der Waals surface area contributed by atoms with Gasteiger partial charge in [-0.1, -0.05) is 18.2 Å². The van der Waals surface area contributed by atoms with E-state index in [1.807, 2.05) is 30.1 Å². The topological polar surface area (TPSA) is 12.9 Å². The Balaban J connectivity index is 2.56. The summed E-state index contributed by atoms with van der Waals surface area (Å²) in [5, 5.41) is 1.22. The van der Waals surface area contributed by atoms with E-state index in [1.165, 1.54) is 10.9 Å². The number of thioether (sulfide) groups is 1. The van der Waals surface area contributed by atoms with Crippen LogP contribution >= 0.6 is 11.8 Å². The number of fused-ring (bicyclic) bond motifs is 1. The van der Waals surface area contributed by atoms with Crippen molar-refractivity contribution in [2.45, 2.75) is 18.6 Å². The largest absolute Gasteiger partial charge is 0.256 e. The molecule has 0 radical (unpaired) electrons. The molecule has 1 aromatic carbocycles. The van der Waals surface area contributed by atoms with E-state index in [0.29, 0.717) is 0 Å². The van der Waals surface area contributed by atoms with E-state index in [4.69, 9.17) is 0 Å². The highest BCUT2D eigenvalue weighted by atomic mass is 32.2. The first-order valence-electron chi connectivity index (χ1n) is 5.04. The molecule has 1 nitrogen and oxygen atoms in total. The van der Waals surface area contributed by atoms with Gasteiger partial charge in [-0.25, -0.2) is 0 Å². The summed E-state index contributed by atoms with van der Waals surface area (Å²) in [6, 6.07) is 10.5. The second kappa shape index (κ2) is 3.86. The molecule has 15 heavy (non-hydrogen) atoms. The maximum atomic E-state index is 4.48. The van der Waals surface area contributed by atoms with Crippen LogP contribution in [0.25, 0.3) is 10.9 Å². The molecule has 0 aliphatic carbocycles. The highest BCUT2D eigenvalue weighted by Gasteiger charge is 2.19. The maximum Gasteiger partial charge on any atom is 0.0702 e. The molecule has 0 atom stereocenters. The first-order valence-corrected chi connectivity index (χ1v) is 6.26. The molecule has 0 amide bonds. The van der Waals surface area contributed by atoms with Crippen LogP contribution in [-0.4, -0.2) is 11.2 Å². The van der Waals surface area contributed by atoms with Gasteiger partial charge in [0.25, 0.3) is 0 Å². The highest BCUT2D eigenvalue weighted by Crippen LogP contribution is 2.34. The lowest BCUT2D eigenvalue weighted by Crippen LogP contribution is -2.11. The SMILES string of the molecule is CSC(C)(C)c1cnc2ccccc2c1. The average Bonchev–Trinajstić information content (AvgIpc) is 2.28. The first kappa shape index (κ1) is 10.5. The lowest BCUT2D eigenvalue weighted by atomic mass is 10.0. The van der Waals surface area contributed by atoms with Crippen molar-refractivity contribution in [2.24, 2.45) is 0 Å². The van der Waals surface area contributed by atoms with E-state index >= 15 is 0 Å². The molecule has 2 rings (SSSR count). The van der Waals surface area contributed by atoms with Gasteiger partial charge in [0, 0.05) is 16.3 Å². The Labute approximate surface area is 94.9 Å². The number of rotatable bonds is 2. The van der Waals surface area contributed by atoms with Crippen LogP contribution in [0.3, 0.4) is 0 Å². The molecule has 1 heterocycles. The second-order valence-electron chi connectivity index (χ2n) is 4.13. The molecule has 0 unspecified atom stereocenters. The molecule has 0 saturated carbocycles. The summed E-state index contributed by atoms with van der Waals surface area (Å²) in [5.74, 6) is 0. The van der Waals surface area contributed by atoms with Gasteiger partial charge in [0.1, 0.15) is 0 Å². The van der Waals surface area contributed by atoms with Crippen molar-refractivity contribution in [1.82, 2.24) is 4.98 Å². The van der Waals surface area contributed by atoms with Crippen molar-refractivity contribution < 1.29 is 0 Å². The van der Waals surface area contributed by atoms with Gasteiger partial charge in [0.05, 0.1) is 5.52 Å². The quantitative estimate of drug-likeness (QED) is 0.758. The predicted octanol–water partition coefficient (Wildman–Crippen LogP) is 3.83. The molecule has 2 heteroatoms. The zero-order valence-electron chi connectivity index (χ0n) is 9.32. The summed E-state index contributed by atoms with van der Waals surface area (Å²) in [6.45, 7) is 4.45. The molecule has 0 bridgehead atoms. The summed E-state index contributed by atoms with van der Waals surface area (Å²) >= 11 is 1.85. The van der Waals surface area contributed by atoms with E-state index in [9.17, 15) is 0 Å². The zero-order valence-corrected chi connectivity index (χ0v) is 10.1. The molecule has 0 fully saturated rings. The number of hydrogen-bond acceptors (Lipinski definition) is 2. The van der Waals surface area contributed by atoms with Crippen LogP contribution in [0.15, 0.2) is 36.5 Å². The normalized spacial score (nSPS) is 11.9. The fourth-order valence-electron chi connectivity index (χ4n) is 1.52. The third kappa shape index (κ3) is 2.00. The molecule has 1 aromatic heterocycles. The third-order valence-electron chi connectivity index (χ3n) is 2.80. The molecule has 0 aliphatic rings. The van der Waals surface area contributed by atoms with Crippen LogP contribution in [-0.2, 0) is 4.75 Å². The van der Waals surface area contributed by atoms with Crippen LogP contribution in [0.2, 0.25) is 0 Å². The molecule has 0 spiro atoms. The highest BCUT2D eigenvalue weighted by molar-refractivity contribution is 7.99. The zero-order chi connectivity index (χ0) is 10.9. The maximum absolute atomic E-state index is 4.48. The van der Waals surface area contributed by atoms with Gasteiger partial charge in [-0.05, 0) is 37.8 Å². The van der Waals surface area contributed by atoms with Crippen LogP contribution in [0.1, 0.15) is 19.4 Å². The number of benzene rings is 1. The standard InChI is InChI=1S/C13H15NS/c1-13(2,15-3)11-8-10-6-4-5-7-12(10)14-9-11/h4-9H,1-3H3. The minimum atomic E-state index is 0.136. The van der Waals surface area contributed by atoms with Crippen LogP contribution < -0.4 is 0 Å². The number of para-hydroxylation sites is 1. The molecule has 0 aliphatic heterocycles. The lowest BCUT2D eigenvalue weighted by Gasteiger charge is -2.22. The summed E-state index contributed by atoms with van der Waals surface area (Å²) in [5.41, 5.74) is 2.35. The molecule has 78 valence electrons. The van der Waals surface area contributed by atoms with Crippen molar-refractivity contribution in [3.05, 3.63) is 42.1 Å². The van der Waals surface area contributed by atoms with E-state index in [-0.39, 0.29) is 4.75 Å². The van der Waals surface area contributed by atoms with Crippen molar-refractivity contribution in [1.29, 1.82) is 0 Å². The Bertz CT molecular complexity index is 477. The van der Waals surface area contributed by atoms with E-state index in [0.717, 1.165) is 5.52 Å². The third-order valence-corrected chi connectivity index (χ3v) is 4.05. The van der Waals surface area contributed by atoms with Crippen LogP contribution in [0.5, 0.6) is 0 Å². The van der Waals surface area contributed by atoms with Gasteiger partial charge in [-0.15, -0.1) is 0 Å². The van der Waals surface area contributed by atoms with Gasteiger partial charge in [-0.3, -0.25) is 4.98 Å². The Morgan fingerprint density at radius 2 is 1.93 bits per heavy atom. The minimum absolute atomic E-state index is 0.136. The van der Waals surface area contributed by atoms with Gasteiger partial charge >= 0.3 is 0 Å². The Morgan fingerprint density at radius 1 is 1.20 bits per heavy atom. The monoisotopic (exact) mass is 217 g/mol. The lowest BCUT2D eigenvalue weighted by molar-refractivity contribution is 0.782. The Morgan fingerprint density at radius 3 is 2.67 bits per heavy atom. The average molecular weight is 217 g/mol. The van der Waals surface area contributed by atoms with E-state index in [1.54, 1.807) is 0 Å². The number of aromatic nitrogens is 1. The summed E-state index contributed by atoms with van der Waals surface area (Å²) in [4.78, 5) is 4.48. The molecule has 0 N–H and O–H groups in total. The molecule has 0 saturated heterocycles. The summed E-state index contributed by atoms with van der Waals surface area (Å²) in [6.07, 6.45) is 4.12. The first-order chi connectivity index (χ1) is 7.13. The number of pyridine rings is 1. The van der Waals surface area contributed by atoms with Crippen molar-refractivity contribution in [3.63, 3.8) is 0 Å². The smallest absolute Gasteiger partial charge is 0.0702 e. The van der Waals surface area contributed by atoms with Crippen molar-refractivity contribution in [2.75, 3.05) is 6.26 Å². The molecule has 2 aromatic rings. The van der Waals surface area contributed by atoms with Gasteiger partial charge in [-0.2, -0.15) is 11.8 Å². The number of nitrogens with zero attached hydrogens (tertiary/aromatic N) is 1. The van der Waals surface area contributed by atoms with E-state index < -0.39 is 0 Å².